The van der Waals surface area contributed by atoms with Crippen LogP contribution in [0.3, 0.4) is 0 Å². The zero-order valence-electron chi connectivity index (χ0n) is 19.1. The number of pyridine rings is 2. The highest BCUT2D eigenvalue weighted by molar-refractivity contribution is 5.98. The Hall–Kier alpha value is -3.63. The standard InChI is InChI=1S/C25H27FN4O5/c26-17-5-3-15(4-6-17)10-16-11-20-23(28-13-16)19(12-18(32)14-31)22(24(27)34)25(35)30(20)9-8-29-7-1-2-21(29)33/h3-6,11,13,18,31-32H,1-2,7-10,12,14H2,(H2,27,34). The van der Waals surface area contributed by atoms with Crippen molar-refractivity contribution < 1.29 is 24.2 Å². The highest BCUT2D eigenvalue weighted by Crippen LogP contribution is 2.23. The molecule has 184 valence electrons. The topological polar surface area (TPSA) is 139 Å². The smallest absolute Gasteiger partial charge is 0.264 e. The van der Waals surface area contributed by atoms with Crippen molar-refractivity contribution in [2.75, 3.05) is 19.7 Å². The highest BCUT2D eigenvalue weighted by atomic mass is 19.1. The summed E-state index contributed by atoms with van der Waals surface area (Å²) in [6.45, 7) is 0.449. The number of carbonyl (C=O) groups excluding carboxylic acids is 2. The van der Waals surface area contributed by atoms with Crippen molar-refractivity contribution in [1.82, 2.24) is 14.5 Å². The number of hydrogen-bond acceptors (Lipinski definition) is 6. The molecule has 2 amide bonds. The predicted octanol–water partition coefficient (Wildman–Crippen LogP) is 0.743. The van der Waals surface area contributed by atoms with Crippen LogP contribution in [0.2, 0.25) is 0 Å². The van der Waals surface area contributed by atoms with E-state index >= 15 is 0 Å². The molecular formula is C25H27FN4O5. The van der Waals surface area contributed by atoms with E-state index in [4.69, 9.17) is 5.73 Å². The van der Waals surface area contributed by atoms with Gasteiger partial charge >= 0.3 is 0 Å². The Balaban J connectivity index is 1.84. The Morgan fingerprint density at radius 1 is 1.17 bits per heavy atom. The molecule has 1 aromatic carbocycles. The Kier molecular flexibility index (Phi) is 7.23. The molecule has 35 heavy (non-hydrogen) atoms. The third kappa shape index (κ3) is 5.23. The highest BCUT2D eigenvalue weighted by Gasteiger charge is 2.25. The Bertz CT molecular complexity index is 1320. The van der Waals surface area contributed by atoms with Crippen LogP contribution in [0.5, 0.6) is 0 Å². The van der Waals surface area contributed by atoms with Gasteiger partial charge in [-0.2, -0.15) is 0 Å². The van der Waals surface area contributed by atoms with E-state index in [2.05, 4.69) is 4.98 Å². The van der Waals surface area contributed by atoms with Crippen LogP contribution in [0.1, 0.15) is 39.9 Å². The minimum Gasteiger partial charge on any atom is -0.394 e. The first-order valence-electron chi connectivity index (χ1n) is 11.4. The average Bonchev–Trinajstić information content (AvgIpc) is 3.24. The van der Waals surface area contributed by atoms with Crippen molar-refractivity contribution in [1.29, 1.82) is 0 Å². The normalized spacial score (nSPS) is 14.6. The third-order valence-electron chi connectivity index (χ3n) is 6.24. The summed E-state index contributed by atoms with van der Waals surface area (Å²) in [6.07, 6.45) is 1.83. The summed E-state index contributed by atoms with van der Waals surface area (Å²) in [7, 11) is 0. The molecule has 2 aromatic heterocycles. The molecule has 9 nitrogen and oxygen atoms in total. The van der Waals surface area contributed by atoms with Crippen molar-refractivity contribution >= 4 is 22.8 Å². The van der Waals surface area contributed by atoms with E-state index in [1.165, 1.54) is 16.7 Å². The first-order chi connectivity index (χ1) is 16.8. The zero-order chi connectivity index (χ0) is 25.1. The number of benzene rings is 1. The molecule has 1 aliphatic heterocycles. The first-order valence-corrected chi connectivity index (χ1v) is 11.4. The number of aliphatic hydroxyl groups is 2. The number of nitrogens with zero attached hydrogens (tertiary/aromatic N) is 3. The summed E-state index contributed by atoms with van der Waals surface area (Å²) in [5.41, 5.74) is 7.11. The van der Waals surface area contributed by atoms with E-state index in [1.54, 1.807) is 29.3 Å². The second-order valence-corrected chi connectivity index (χ2v) is 8.71. The summed E-state index contributed by atoms with van der Waals surface area (Å²) < 4.78 is 14.7. The minimum atomic E-state index is -1.21. The first kappa shape index (κ1) is 24.5. The van der Waals surface area contributed by atoms with E-state index < -0.39 is 24.2 Å². The molecule has 1 aliphatic rings. The lowest BCUT2D eigenvalue weighted by Gasteiger charge is -2.20. The summed E-state index contributed by atoms with van der Waals surface area (Å²) in [5.74, 6) is -1.29. The molecule has 1 fully saturated rings. The van der Waals surface area contributed by atoms with Gasteiger partial charge in [0.05, 0.1) is 23.7 Å². The van der Waals surface area contributed by atoms with Crippen LogP contribution in [0.25, 0.3) is 11.0 Å². The van der Waals surface area contributed by atoms with E-state index in [9.17, 15) is 29.0 Å². The Morgan fingerprint density at radius 3 is 2.54 bits per heavy atom. The third-order valence-corrected chi connectivity index (χ3v) is 6.24. The van der Waals surface area contributed by atoms with E-state index in [-0.39, 0.29) is 42.4 Å². The molecule has 0 radical (unpaired) electrons. The number of primary amides is 1. The van der Waals surface area contributed by atoms with E-state index in [0.29, 0.717) is 30.4 Å². The summed E-state index contributed by atoms with van der Waals surface area (Å²) in [5, 5.41) is 19.4. The molecule has 4 rings (SSSR count). The van der Waals surface area contributed by atoms with Crippen LogP contribution in [0, 0.1) is 5.82 Å². The second kappa shape index (κ2) is 10.3. The van der Waals surface area contributed by atoms with Gasteiger partial charge in [0.25, 0.3) is 11.5 Å². The predicted molar refractivity (Wildman–Crippen MR) is 126 cm³/mol. The maximum atomic E-state index is 13.5. The minimum absolute atomic E-state index is 0.00953. The maximum absolute atomic E-state index is 13.5. The van der Waals surface area contributed by atoms with Crippen LogP contribution in [-0.4, -0.2) is 62.3 Å². The van der Waals surface area contributed by atoms with Gasteiger partial charge in [-0.3, -0.25) is 19.4 Å². The molecular weight excluding hydrogens is 455 g/mol. The summed E-state index contributed by atoms with van der Waals surface area (Å²) in [4.78, 5) is 44.0. The lowest BCUT2D eigenvalue weighted by molar-refractivity contribution is -0.127. The fraction of sp³-hybridized carbons (Fsp3) is 0.360. The summed E-state index contributed by atoms with van der Waals surface area (Å²) in [6, 6.07) is 7.80. The van der Waals surface area contributed by atoms with Gasteiger partial charge in [-0.25, -0.2) is 4.39 Å². The Labute approximate surface area is 200 Å². The fourth-order valence-electron chi connectivity index (χ4n) is 4.50. The molecule has 1 unspecified atom stereocenters. The number of fused-ring (bicyclic) bond motifs is 1. The van der Waals surface area contributed by atoms with Gasteiger partial charge in [0.15, 0.2) is 0 Å². The van der Waals surface area contributed by atoms with Gasteiger partial charge in [0.1, 0.15) is 11.4 Å². The number of amides is 2. The number of likely N-dealkylation sites (tertiary alicyclic amines) is 1. The quantitative estimate of drug-likeness (QED) is 0.411. The van der Waals surface area contributed by atoms with E-state index in [0.717, 1.165) is 17.5 Å². The van der Waals surface area contributed by atoms with Gasteiger partial charge < -0.3 is 25.4 Å². The monoisotopic (exact) mass is 482 g/mol. The van der Waals surface area contributed by atoms with Crippen LogP contribution >= 0.6 is 0 Å². The van der Waals surface area contributed by atoms with Crippen molar-refractivity contribution in [3.63, 3.8) is 0 Å². The number of halogens is 1. The fourth-order valence-corrected chi connectivity index (χ4v) is 4.50. The maximum Gasteiger partial charge on any atom is 0.264 e. The molecule has 1 saturated heterocycles. The molecule has 0 saturated carbocycles. The number of rotatable bonds is 9. The van der Waals surface area contributed by atoms with Crippen LogP contribution in [-0.2, 0) is 24.2 Å². The van der Waals surface area contributed by atoms with Crippen molar-refractivity contribution in [3.05, 3.63) is 75.0 Å². The molecule has 4 N–H and O–H groups in total. The lowest BCUT2D eigenvalue weighted by Crippen LogP contribution is -2.37. The lowest BCUT2D eigenvalue weighted by atomic mass is 9.98. The second-order valence-electron chi connectivity index (χ2n) is 8.71. The SMILES string of the molecule is NC(=O)c1c(CC(O)CO)c2ncc(Cc3ccc(F)cc3)cc2n(CCN2CCCC2=O)c1=O. The Morgan fingerprint density at radius 2 is 1.91 bits per heavy atom. The number of nitrogens with two attached hydrogens (primary N) is 1. The van der Waals surface area contributed by atoms with Crippen LogP contribution in [0.15, 0.2) is 41.3 Å². The van der Waals surface area contributed by atoms with Crippen molar-refractivity contribution in [2.24, 2.45) is 5.73 Å². The zero-order valence-corrected chi connectivity index (χ0v) is 19.1. The molecule has 0 bridgehead atoms. The summed E-state index contributed by atoms with van der Waals surface area (Å²) >= 11 is 0. The molecule has 1 atom stereocenters. The number of aromatic nitrogens is 2. The largest absolute Gasteiger partial charge is 0.394 e. The number of hydrogen-bond donors (Lipinski definition) is 3. The van der Waals surface area contributed by atoms with Gasteiger partial charge in [-0.1, -0.05) is 12.1 Å². The van der Waals surface area contributed by atoms with Gasteiger partial charge in [0, 0.05) is 44.2 Å². The van der Waals surface area contributed by atoms with E-state index in [1.807, 2.05) is 0 Å². The van der Waals surface area contributed by atoms with Crippen LogP contribution < -0.4 is 11.3 Å². The van der Waals surface area contributed by atoms with Gasteiger partial charge in [0.2, 0.25) is 5.91 Å². The molecule has 0 aliphatic carbocycles. The van der Waals surface area contributed by atoms with Gasteiger partial charge in [-0.15, -0.1) is 0 Å². The molecule has 10 heteroatoms. The number of carbonyl (C=O) groups is 2. The molecule has 0 spiro atoms. The molecule has 3 heterocycles. The van der Waals surface area contributed by atoms with Crippen molar-refractivity contribution in [2.45, 2.75) is 38.3 Å². The molecule has 3 aromatic rings. The number of aliphatic hydroxyl groups excluding tert-OH is 2. The van der Waals surface area contributed by atoms with Crippen LogP contribution in [0.4, 0.5) is 4.39 Å². The van der Waals surface area contributed by atoms with Crippen molar-refractivity contribution in [3.8, 4) is 0 Å². The average molecular weight is 483 g/mol. The van der Waals surface area contributed by atoms with Gasteiger partial charge in [-0.05, 0) is 42.2 Å².